The summed E-state index contributed by atoms with van der Waals surface area (Å²) in [6.45, 7) is 5.83. The number of halogens is 9. The molecule has 3 aliphatic heterocycles. The van der Waals surface area contributed by atoms with Gasteiger partial charge in [0.25, 0.3) is 0 Å². The van der Waals surface area contributed by atoms with Gasteiger partial charge in [0.2, 0.25) is 0 Å². The average molecular weight is 1410 g/mol. The minimum atomic E-state index is -4.40. The van der Waals surface area contributed by atoms with Gasteiger partial charge in [-0.2, -0.15) is 39.5 Å². The molecule has 21 heteroatoms. The van der Waals surface area contributed by atoms with E-state index >= 15 is 0 Å². The Bertz CT molecular complexity index is 3950. The van der Waals surface area contributed by atoms with Gasteiger partial charge in [-0.15, -0.1) is 0 Å². The molecule has 0 bridgehead atoms. The number of carbonyl (C=O) groups excluding carboxylic acids is 4. The number of allylic oxidation sites excluding steroid dienone is 3. The number of aromatic nitrogens is 3. The van der Waals surface area contributed by atoms with E-state index in [-0.39, 0.29) is 113 Å². The number of aliphatic hydroxyl groups is 2. The molecule has 6 aromatic rings. The molecule has 3 aromatic heterocycles. The second-order valence-corrected chi connectivity index (χ2v) is 29.6. The van der Waals surface area contributed by atoms with Crippen LogP contribution < -0.4 is 0 Å². The SMILES string of the molecule is C[C@H]1OC(=O)C2CC3CCC(=O)CC3[C@H](/C=C/c3ccc(-c4cccc(C(F)(F)F)c4)cn3)C21.C[C@H]1OC(=O)C2CC3CCC(O)CC3[C@H](/C=C/c3ccc(-c4cccc(C(F)(F)F)c4)cn3)C21.C[C@H]1OC(=O)C2CC3CCC(O)CC3[C@H](/C=C/c3ccc(-c4cccc(C(F)(F)F)c4)cn3)C21. The number of pyridine rings is 3. The number of ketones is 1. The minimum absolute atomic E-state index is 0.0411. The lowest BCUT2D eigenvalue weighted by Gasteiger charge is -2.46. The zero-order valence-electron chi connectivity index (χ0n) is 56.6. The van der Waals surface area contributed by atoms with Gasteiger partial charge in [-0.05, 0) is 228 Å². The first-order valence-electron chi connectivity index (χ1n) is 35.6. The Morgan fingerprint density at radius 2 is 0.725 bits per heavy atom. The Morgan fingerprint density at radius 1 is 0.402 bits per heavy atom. The number of aliphatic hydroxyl groups excluding tert-OH is 2. The highest BCUT2D eigenvalue weighted by Gasteiger charge is 2.57. The van der Waals surface area contributed by atoms with E-state index in [9.17, 15) is 68.9 Å². The van der Waals surface area contributed by atoms with Crippen molar-refractivity contribution < 1.29 is 83.1 Å². The highest BCUT2D eigenvalue weighted by Crippen LogP contribution is 2.57. The van der Waals surface area contributed by atoms with E-state index in [4.69, 9.17) is 14.2 Å². The van der Waals surface area contributed by atoms with Crippen LogP contribution in [0.15, 0.2) is 146 Å². The zero-order valence-corrected chi connectivity index (χ0v) is 56.6. The van der Waals surface area contributed by atoms with Crippen molar-refractivity contribution in [1.82, 2.24) is 15.0 Å². The van der Waals surface area contributed by atoms with Gasteiger partial charge in [0.05, 0.1) is 63.7 Å². The van der Waals surface area contributed by atoms with Crippen LogP contribution in [0.25, 0.3) is 51.6 Å². The molecule has 6 saturated carbocycles. The van der Waals surface area contributed by atoms with Crippen molar-refractivity contribution in [3.63, 3.8) is 0 Å². The largest absolute Gasteiger partial charge is 0.462 e. The third kappa shape index (κ3) is 15.6. The summed E-state index contributed by atoms with van der Waals surface area (Å²) >= 11 is 0. The highest BCUT2D eigenvalue weighted by molar-refractivity contribution is 5.81. The Kier molecular flexibility index (Phi) is 20.8. The smallest absolute Gasteiger partial charge is 0.416 e. The molecule has 102 heavy (non-hydrogen) atoms. The molecule has 20 atom stereocenters. The van der Waals surface area contributed by atoms with Crippen molar-refractivity contribution in [2.45, 2.75) is 147 Å². The van der Waals surface area contributed by atoms with Crippen LogP contribution in [-0.4, -0.2) is 79.4 Å². The Morgan fingerprint density at radius 3 is 1.04 bits per heavy atom. The topological polar surface area (TPSA) is 175 Å². The van der Waals surface area contributed by atoms with Gasteiger partial charge in [0.15, 0.2) is 0 Å². The first kappa shape index (κ1) is 72.1. The van der Waals surface area contributed by atoms with Crippen molar-refractivity contribution in [2.24, 2.45) is 88.8 Å². The van der Waals surface area contributed by atoms with E-state index in [2.05, 4.69) is 33.2 Å². The van der Waals surface area contributed by atoms with E-state index in [1.807, 2.05) is 39.0 Å². The number of rotatable bonds is 9. The molecule has 6 aliphatic carbocycles. The standard InChI is InChI=1S/2C27H28F3NO3.C27H26F3NO3/c3*1-15-25-22(23-13-21(32)9-6-17(23)12-24(25)26(33)34-15)10-8-20-7-5-18(14-31-20)16-3-2-4-19(11-16)27(28,29)30/h2*2-5,7-8,10-11,14-15,17,21-25,32H,6,9,12-13H2,1H3;2-5,7-8,10-11,14-15,17,22-25H,6,9,12-13H2,1H3/b3*10-8+/t2*15-,17?,21?,22+,23?,24?,25?;15-,17?,22+,23?,24?,25?/m111/s1. The number of fused-ring (bicyclic) bond motifs is 6. The summed E-state index contributed by atoms with van der Waals surface area (Å²) in [5, 5.41) is 20.6. The number of Topliss-reactive ketones (excluding diaryl/α,β-unsaturated/α-hetero) is 1. The van der Waals surface area contributed by atoms with Crippen LogP contribution in [0.5, 0.6) is 0 Å². The number of ether oxygens (including phenoxy) is 3. The maximum Gasteiger partial charge on any atom is 0.416 e. The highest BCUT2D eigenvalue weighted by atomic mass is 19.4. The summed E-state index contributed by atoms with van der Waals surface area (Å²) < 4.78 is 134. The number of esters is 3. The fraction of sp³-hybridized carbons (Fsp3) is 0.469. The van der Waals surface area contributed by atoms with Crippen LogP contribution in [0.4, 0.5) is 39.5 Å². The fourth-order valence-electron chi connectivity index (χ4n) is 18.8. The van der Waals surface area contributed by atoms with Crippen LogP contribution in [0.2, 0.25) is 0 Å². The van der Waals surface area contributed by atoms with Gasteiger partial charge < -0.3 is 24.4 Å². The number of nitrogens with zero attached hydrogens (tertiary/aromatic N) is 3. The van der Waals surface area contributed by atoms with Gasteiger partial charge >= 0.3 is 36.4 Å². The van der Waals surface area contributed by atoms with Crippen LogP contribution in [0.3, 0.4) is 0 Å². The van der Waals surface area contributed by atoms with Crippen LogP contribution in [0.1, 0.15) is 132 Å². The van der Waals surface area contributed by atoms with Crippen molar-refractivity contribution >= 4 is 41.9 Å². The summed E-state index contributed by atoms with van der Waals surface area (Å²) in [6, 6.07) is 26.3. The zero-order chi connectivity index (χ0) is 72.1. The quantitative estimate of drug-likeness (QED) is 0.0797. The van der Waals surface area contributed by atoms with Crippen molar-refractivity contribution in [2.75, 3.05) is 0 Å². The maximum absolute atomic E-state index is 13.0. The molecule has 3 aromatic carbocycles. The van der Waals surface area contributed by atoms with Gasteiger partial charge in [-0.25, -0.2) is 0 Å². The average Bonchev–Trinajstić information content (AvgIpc) is 1.58. The molecule has 15 rings (SSSR count). The van der Waals surface area contributed by atoms with Crippen LogP contribution in [0, 0.1) is 88.8 Å². The molecule has 0 radical (unpaired) electrons. The maximum atomic E-state index is 13.0. The van der Waals surface area contributed by atoms with Gasteiger partial charge in [-0.1, -0.05) is 72.8 Å². The van der Waals surface area contributed by atoms with Gasteiger partial charge in [0, 0.05) is 65.9 Å². The number of hydrogen-bond donors (Lipinski definition) is 2. The molecule has 14 unspecified atom stereocenters. The molecule has 12 nitrogen and oxygen atoms in total. The lowest BCUT2D eigenvalue weighted by Crippen LogP contribution is -2.45. The molecule has 9 aliphatic rings. The van der Waals surface area contributed by atoms with Gasteiger partial charge in [-0.3, -0.25) is 34.1 Å². The minimum Gasteiger partial charge on any atom is -0.462 e. The normalized spacial score (nSPS) is 32.7. The van der Waals surface area contributed by atoms with Crippen molar-refractivity contribution in [1.29, 1.82) is 0 Å². The molecule has 9 fully saturated rings. The summed E-state index contributed by atoms with van der Waals surface area (Å²) in [5.74, 6) is 1.97. The van der Waals surface area contributed by atoms with E-state index in [1.165, 1.54) is 18.2 Å². The van der Waals surface area contributed by atoms with Crippen molar-refractivity contribution in [3.8, 4) is 33.4 Å². The van der Waals surface area contributed by atoms with Crippen LogP contribution >= 0.6 is 0 Å². The second-order valence-electron chi connectivity index (χ2n) is 29.6. The molecule has 6 heterocycles. The summed E-state index contributed by atoms with van der Waals surface area (Å²) in [4.78, 5) is 62.9. The second kappa shape index (κ2) is 29.4. The number of benzene rings is 3. The molecule has 538 valence electrons. The molecule has 0 amide bonds. The molecule has 3 saturated heterocycles. The van der Waals surface area contributed by atoms with E-state index in [0.29, 0.717) is 92.9 Å². The fourth-order valence-corrected chi connectivity index (χ4v) is 18.8. The van der Waals surface area contributed by atoms with E-state index in [0.717, 1.165) is 101 Å². The van der Waals surface area contributed by atoms with E-state index < -0.39 is 35.2 Å². The first-order chi connectivity index (χ1) is 48.6. The first-order valence-corrected chi connectivity index (χ1v) is 35.6. The lowest BCUT2D eigenvalue weighted by atomic mass is 9.57. The number of cyclic esters (lactones) is 3. The number of alkyl halides is 9. The summed E-state index contributed by atoms with van der Waals surface area (Å²) in [6.07, 6.45) is 11.7. The van der Waals surface area contributed by atoms with E-state index in [1.54, 1.807) is 73.2 Å². The Hall–Kier alpha value is -8.30. The molecular formula is C81H82F9N3O9. The predicted octanol–water partition coefficient (Wildman–Crippen LogP) is 17.5. The van der Waals surface area contributed by atoms with Gasteiger partial charge in [0.1, 0.15) is 24.1 Å². The monoisotopic (exact) mass is 1410 g/mol. The Balaban J connectivity index is 0.000000137. The molecule has 2 N–H and O–H groups in total. The summed E-state index contributed by atoms with van der Waals surface area (Å²) in [7, 11) is 0. The Labute approximate surface area is 586 Å². The van der Waals surface area contributed by atoms with Crippen molar-refractivity contribution in [3.05, 3.63) is 180 Å². The van der Waals surface area contributed by atoms with Crippen LogP contribution in [-0.2, 0) is 51.9 Å². The lowest BCUT2D eigenvalue weighted by molar-refractivity contribution is -0.145. The third-order valence-corrected chi connectivity index (χ3v) is 23.6. The summed E-state index contributed by atoms with van der Waals surface area (Å²) in [5.41, 5.74) is 3.19. The predicted molar refractivity (Wildman–Crippen MR) is 363 cm³/mol. The molecular weight excluding hydrogens is 1330 g/mol. The third-order valence-electron chi connectivity index (χ3n) is 23.6. The number of carbonyl (C=O) groups is 4. The molecule has 0 spiro atoms. The number of hydrogen-bond acceptors (Lipinski definition) is 12.